The van der Waals surface area contributed by atoms with Crippen molar-refractivity contribution in [2.75, 3.05) is 0 Å². The predicted molar refractivity (Wildman–Crippen MR) is 30.7 cm³/mol. The van der Waals surface area contributed by atoms with Gasteiger partial charge in [0.05, 0.1) is 0 Å². The van der Waals surface area contributed by atoms with Gasteiger partial charge in [0.15, 0.2) is 11.6 Å². The zero-order chi connectivity index (χ0) is 6.69. The molecule has 1 N–H and O–H groups in total. The minimum atomic E-state index is -0.0799. The van der Waals surface area contributed by atoms with E-state index in [0.717, 1.165) is 0 Å². The van der Waals surface area contributed by atoms with Gasteiger partial charge in [0, 0.05) is 0 Å². The standard InChI is InChI=1S/C4H3ClN2O2/c5-4(7-8)3-1-9-2-6-3/h1-2,8H. The average molecular weight is 147 g/mol. The van der Waals surface area contributed by atoms with E-state index in [4.69, 9.17) is 16.8 Å². The Morgan fingerprint density at radius 1 is 1.89 bits per heavy atom. The maximum absolute atomic E-state index is 8.08. The molecule has 0 saturated carbocycles. The number of nitrogens with zero attached hydrogens (tertiary/aromatic N) is 2. The van der Waals surface area contributed by atoms with Crippen molar-refractivity contribution in [3.05, 3.63) is 18.4 Å². The first-order valence-corrected chi connectivity index (χ1v) is 2.48. The van der Waals surface area contributed by atoms with Crippen LogP contribution in [-0.2, 0) is 0 Å². The molecule has 1 aromatic rings. The molecule has 48 valence electrons. The number of oxazole rings is 1. The van der Waals surface area contributed by atoms with Crippen LogP contribution in [0.3, 0.4) is 0 Å². The molecule has 0 amide bonds. The van der Waals surface area contributed by atoms with Crippen molar-refractivity contribution in [2.24, 2.45) is 5.16 Å². The van der Waals surface area contributed by atoms with Gasteiger partial charge in [-0.1, -0.05) is 16.8 Å². The Hall–Kier alpha value is -1.03. The van der Waals surface area contributed by atoms with Gasteiger partial charge >= 0.3 is 0 Å². The lowest BCUT2D eigenvalue weighted by atomic mass is 10.5. The van der Waals surface area contributed by atoms with Crippen LogP contribution < -0.4 is 0 Å². The van der Waals surface area contributed by atoms with Gasteiger partial charge in [-0.15, -0.1) is 0 Å². The maximum Gasteiger partial charge on any atom is 0.197 e. The SMILES string of the molecule is ON=C(Cl)c1cocn1. The van der Waals surface area contributed by atoms with Crippen molar-refractivity contribution < 1.29 is 9.62 Å². The van der Waals surface area contributed by atoms with Crippen molar-refractivity contribution in [1.29, 1.82) is 0 Å². The molecule has 5 heteroatoms. The molecule has 9 heavy (non-hydrogen) atoms. The summed E-state index contributed by atoms with van der Waals surface area (Å²) in [7, 11) is 0. The lowest BCUT2D eigenvalue weighted by Crippen LogP contribution is -1.88. The van der Waals surface area contributed by atoms with Gasteiger partial charge in [0.25, 0.3) is 0 Å². The second kappa shape index (κ2) is 2.50. The minimum absolute atomic E-state index is 0.0799. The summed E-state index contributed by atoms with van der Waals surface area (Å²) in [5.41, 5.74) is 0.319. The Kier molecular flexibility index (Phi) is 1.69. The number of hydrogen-bond donors (Lipinski definition) is 1. The fourth-order valence-electron chi connectivity index (χ4n) is 0.366. The van der Waals surface area contributed by atoms with E-state index < -0.39 is 0 Å². The van der Waals surface area contributed by atoms with Crippen LogP contribution >= 0.6 is 11.6 Å². The second-order valence-corrected chi connectivity index (χ2v) is 1.62. The zero-order valence-electron chi connectivity index (χ0n) is 4.28. The summed E-state index contributed by atoms with van der Waals surface area (Å²) >= 11 is 5.31. The molecule has 1 rings (SSSR count). The average Bonchev–Trinajstić information content (AvgIpc) is 2.37. The number of halogens is 1. The summed E-state index contributed by atoms with van der Waals surface area (Å²) in [6.07, 6.45) is 2.48. The molecule has 0 saturated heterocycles. The van der Waals surface area contributed by atoms with Gasteiger partial charge < -0.3 is 9.62 Å². The van der Waals surface area contributed by atoms with E-state index in [2.05, 4.69) is 14.6 Å². The van der Waals surface area contributed by atoms with E-state index in [0.29, 0.717) is 5.69 Å². The van der Waals surface area contributed by atoms with Crippen molar-refractivity contribution in [1.82, 2.24) is 4.98 Å². The molecular weight excluding hydrogens is 144 g/mol. The monoisotopic (exact) mass is 146 g/mol. The fraction of sp³-hybridized carbons (Fsp3) is 0. The molecule has 0 unspecified atom stereocenters. The molecule has 0 aliphatic heterocycles. The first-order chi connectivity index (χ1) is 4.34. The molecule has 0 spiro atoms. The summed E-state index contributed by atoms with van der Waals surface area (Å²) in [4.78, 5) is 3.60. The Balaban J connectivity index is 2.90. The molecule has 0 bridgehead atoms. The third-order valence-corrected chi connectivity index (χ3v) is 1.00. The number of rotatable bonds is 1. The minimum Gasteiger partial charge on any atom is -0.451 e. The third kappa shape index (κ3) is 1.20. The molecule has 0 aromatic carbocycles. The molecule has 0 radical (unpaired) electrons. The molecule has 1 aromatic heterocycles. The lowest BCUT2D eigenvalue weighted by Gasteiger charge is -1.81. The van der Waals surface area contributed by atoms with Crippen molar-refractivity contribution in [3.63, 3.8) is 0 Å². The van der Waals surface area contributed by atoms with E-state index in [-0.39, 0.29) is 5.17 Å². The van der Waals surface area contributed by atoms with E-state index in [1.807, 2.05) is 0 Å². The Labute approximate surface area is 55.8 Å². The smallest absolute Gasteiger partial charge is 0.197 e. The quantitative estimate of drug-likeness (QED) is 0.366. The van der Waals surface area contributed by atoms with Gasteiger partial charge in [-0.3, -0.25) is 0 Å². The van der Waals surface area contributed by atoms with Crippen LogP contribution in [0.25, 0.3) is 0 Å². The van der Waals surface area contributed by atoms with Crippen LogP contribution in [0.4, 0.5) is 0 Å². The van der Waals surface area contributed by atoms with Gasteiger partial charge in [0.1, 0.15) is 12.0 Å². The first kappa shape index (κ1) is 6.10. The van der Waals surface area contributed by atoms with Gasteiger partial charge in [0.2, 0.25) is 0 Å². The second-order valence-electron chi connectivity index (χ2n) is 1.26. The highest BCUT2D eigenvalue weighted by Crippen LogP contribution is 1.99. The van der Waals surface area contributed by atoms with E-state index >= 15 is 0 Å². The van der Waals surface area contributed by atoms with E-state index in [1.165, 1.54) is 12.7 Å². The fourth-order valence-corrected chi connectivity index (χ4v) is 0.459. The van der Waals surface area contributed by atoms with Crippen LogP contribution in [0.15, 0.2) is 22.2 Å². The Bertz CT molecular complexity index is 206. The van der Waals surface area contributed by atoms with Gasteiger partial charge in [-0.05, 0) is 0 Å². The summed E-state index contributed by atoms with van der Waals surface area (Å²) in [5.74, 6) is 0. The Morgan fingerprint density at radius 3 is 3.11 bits per heavy atom. The van der Waals surface area contributed by atoms with Crippen LogP contribution in [0.2, 0.25) is 0 Å². The summed E-state index contributed by atoms with van der Waals surface area (Å²) < 4.78 is 4.55. The molecule has 0 aliphatic rings. The number of oxime groups is 1. The van der Waals surface area contributed by atoms with E-state index in [9.17, 15) is 0 Å². The number of hydrogen-bond acceptors (Lipinski definition) is 4. The first-order valence-electron chi connectivity index (χ1n) is 2.10. The third-order valence-electron chi connectivity index (χ3n) is 0.731. The topological polar surface area (TPSA) is 58.6 Å². The molecule has 0 fully saturated rings. The maximum atomic E-state index is 8.08. The van der Waals surface area contributed by atoms with Crippen LogP contribution in [-0.4, -0.2) is 15.4 Å². The highest BCUT2D eigenvalue weighted by Gasteiger charge is 2.01. The normalized spacial score (nSPS) is 11.9. The molecule has 0 aliphatic carbocycles. The van der Waals surface area contributed by atoms with E-state index in [1.54, 1.807) is 0 Å². The van der Waals surface area contributed by atoms with Crippen molar-refractivity contribution >= 4 is 16.8 Å². The predicted octanol–water partition coefficient (Wildman–Crippen LogP) is 1.05. The van der Waals surface area contributed by atoms with Crippen LogP contribution in [0.5, 0.6) is 0 Å². The van der Waals surface area contributed by atoms with Crippen LogP contribution in [0, 0.1) is 0 Å². The highest BCUT2D eigenvalue weighted by atomic mass is 35.5. The number of aromatic nitrogens is 1. The summed E-state index contributed by atoms with van der Waals surface area (Å²) in [6, 6.07) is 0. The van der Waals surface area contributed by atoms with Crippen LogP contribution in [0.1, 0.15) is 5.69 Å². The van der Waals surface area contributed by atoms with Gasteiger partial charge in [-0.25, -0.2) is 4.98 Å². The molecule has 4 nitrogen and oxygen atoms in total. The summed E-state index contributed by atoms with van der Waals surface area (Å²) in [5, 5.41) is 10.7. The summed E-state index contributed by atoms with van der Waals surface area (Å²) in [6.45, 7) is 0. The Morgan fingerprint density at radius 2 is 2.67 bits per heavy atom. The largest absolute Gasteiger partial charge is 0.451 e. The lowest BCUT2D eigenvalue weighted by molar-refractivity contribution is 0.320. The zero-order valence-corrected chi connectivity index (χ0v) is 5.04. The highest BCUT2D eigenvalue weighted by molar-refractivity contribution is 6.69. The molecular formula is C4H3ClN2O2. The molecule has 1 heterocycles. The molecule has 0 atom stereocenters. The van der Waals surface area contributed by atoms with Crippen molar-refractivity contribution in [3.8, 4) is 0 Å². The van der Waals surface area contributed by atoms with Gasteiger partial charge in [-0.2, -0.15) is 0 Å². The van der Waals surface area contributed by atoms with Crippen molar-refractivity contribution in [2.45, 2.75) is 0 Å².